The minimum atomic E-state index is -0.111. The van der Waals surface area contributed by atoms with Crippen LogP contribution >= 0.6 is 11.6 Å². The molecule has 4 nitrogen and oxygen atoms in total. The monoisotopic (exact) mass is 358 g/mol. The molecular weight excluding hydrogens is 336 g/mol. The predicted molar refractivity (Wildman–Crippen MR) is 102 cm³/mol. The van der Waals surface area contributed by atoms with Crippen LogP contribution in [0.2, 0.25) is 5.02 Å². The van der Waals surface area contributed by atoms with Crippen molar-refractivity contribution in [2.24, 2.45) is 0 Å². The number of halogens is 1. The van der Waals surface area contributed by atoms with Crippen molar-refractivity contribution in [1.29, 1.82) is 0 Å². The van der Waals surface area contributed by atoms with Crippen LogP contribution in [-0.2, 0) is 22.6 Å². The van der Waals surface area contributed by atoms with E-state index in [2.05, 4.69) is 5.32 Å². The molecule has 0 saturated carbocycles. The molecule has 0 saturated heterocycles. The minimum Gasteiger partial charge on any atom is -0.352 e. The Hall–Kier alpha value is -2.33. The Bertz CT molecular complexity index is 746. The maximum absolute atomic E-state index is 12.1. The summed E-state index contributed by atoms with van der Waals surface area (Å²) < 4.78 is 0. The Morgan fingerprint density at radius 1 is 1.04 bits per heavy atom. The molecule has 2 amide bonds. The normalized spacial score (nSPS) is 10.4. The molecule has 132 valence electrons. The van der Waals surface area contributed by atoms with Gasteiger partial charge in [0.2, 0.25) is 11.8 Å². The zero-order valence-electron chi connectivity index (χ0n) is 14.6. The molecule has 25 heavy (non-hydrogen) atoms. The lowest BCUT2D eigenvalue weighted by atomic mass is 10.1. The molecule has 0 fully saturated rings. The molecule has 0 aliphatic carbocycles. The van der Waals surface area contributed by atoms with Gasteiger partial charge in [-0.2, -0.15) is 0 Å². The largest absolute Gasteiger partial charge is 0.352 e. The molecular formula is C20H23ClN2O2. The number of nitrogens with one attached hydrogen (secondary N) is 1. The van der Waals surface area contributed by atoms with E-state index in [-0.39, 0.29) is 18.2 Å². The minimum absolute atomic E-state index is 0.0696. The van der Waals surface area contributed by atoms with Crippen LogP contribution < -0.4 is 10.2 Å². The Balaban J connectivity index is 1.96. The van der Waals surface area contributed by atoms with Crippen LogP contribution in [0.3, 0.4) is 0 Å². The Morgan fingerprint density at radius 3 is 2.32 bits per heavy atom. The third-order valence-corrected chi connectivity index (χ3v) is 4.41. The topological polar surface area (TPSA) is 49.4 Å². The maximum atomic E-state index is 12.1. The van der Waals surface area contributed by atoms with E-state index >= 15 is 0 Å². The SMILES string of the molecule is CCc1ccccc1N(CCC(=O)NCc1ccccc1Cl)C(C)=O. The van der Waals surface area contributed by atoms with Crippen LogP contribution in [0.5, 0.6) is 0 Å². The van der Waals surface area contributed by atoms with Gasteiger partial charge in [-0.05, 0) is 29.7 Å². The number of rotatable bonds is 7. The van der Waals surface area contributed by atoms with Gasteiger partial charge in [0.25, 0.3) is 0 Å². The fraction of sp³-hybridized carbons (Fsp3) is 0.300. The molecule has 0 aromatic heterocycles. The number of para-hydroxylation sites is 1. The van der Waals surface area contributed by atoms with Crippen LogP contribution in [0.25, 0.3) is 0 Å². The highest BCUT2D eigenvalue weighted by molar-refractivity contribution is 6.31. The average molecular weight is 359 g/mol. The maximum Gasteiger partial charge on any atom is 0.223 e. The predicted octanol–water partition coefficient (Wildman–Crippen LogP) is 3.96. The average Bonchev–Trinajstić information content (AvgIpc) is 2.61. The van der Waals surface area contributed by atoms with Crippen molar-refractivity contribution in [2.75, 3.05) is 11.4 Å². The van der Waals surface area contributed by atoms with Gasteiger partial charge in [-0.15, -0.1) is 0 Å². The van der Waals surface area contributed by atoms with Crippen LogP contribution in [0.1, 0.15) is 31.4 Å². The van der Waals surface area contributed by atoms with E-state index in [4.69, 9.17) is 11.6 Å². The van der Waals surface area contributed by atoms with E-state index in [1.165, 1.54) is 6.92 Å². The third kappa shape index (κ3) is 5.33. The first-order chi connectivity index (χ1) is 12.0. The number of hydrogen-bond acceptors (Lipinski definition) is 2. The fourth-order valence-electron chi connectivity index (χ4n) is 2.66. The van der Waals surface area contributed by atoms with Crippen LogP contribution in [0.15, 0.2) is 48.5 Å². The zero-order chi connectivity index (χ0) is 18.2. The summed E-state index contributed by atoms with van der Waals surface area (Å²) in [6.07, 6.45) is 1.07. The molecule has 0 aliphatic heterocycles. The number of aryl methyl sites for hydroxylation is 1. The third-order valence-electron chi connectivity index (χ3n) is 4.04. The molecule has 0 aliphatic rings. The van der Waals surface area contributed by atoms with Crippen molar-refractivity contribution in [2.45, 2.75) is 33.2 Å². The number of benzene rings is 2. The second kappa shape index (κ2) is 9.23. The van der Waals surface area contributed by atoms with Gasteiger partial charge in [0, 0.05) is 37.1 Å². The lowest BCUT2D eigenvalue weighted by Crippen LogP contribution is -2.34. The van der Waals surface area contributed by atoms with Crippen molar-refractivity contribution >= 4 is 29.1 Å². The summed E-state index contributed by atoms with van der Waals surface area (Å²) in [5.41, 5.74) is 2.84. The molecule has 2 aromatic carbocycles. The lowest BCUT2D eigenvalue weighted by molar-refractivity contribution is -0.121. The number of carbonyl (C=O) groups is 2. The number of hydrogen-bond donors (Lipinski definition) is 1. The van der Waals surface area contributed by atoms with Crippen molar-refractivity contribution in [3.8, 4) is 0 Å². The molecule has 0 atom stereocenters. The van der Waals surface area contributed by atoms with Crippen LogP contribution in [0.4, 0.5) is 5.69 Å². The van der Waals surface area contributed by atoms with Gasteiger partial charge in [0.15, 0.2) is 0 Å². The quantitative estimate of drug-likeness (QED) is 0.814. The van der Waals surface area contributed by atoms with Gasteiger partial charge >= 0.3 is 0 Å². The van der Waals surface area contributed by atoms with Crippen molar-refractivity contribution < 1.29 is 9.59 Å². The molecule has 5 heteroatoms. The summed E-state index contributed by atoms with van der Waals surface area (Å²) in [5.74, 6) is -0.181. The molecule has 0 radical (unpaired) electrons. The Morgan fingerprint density at radius 2 is 1.68 bits per heavy atom. The van der Waals surface area contributed by atoms with Gasteiger partial charge in [-0.1, -0.05) is 54.9 Å². The first-order valence-corrected chi connectivity index (χ1v) is 8.76. The second-order valence-electron chi connectivity index (χ2n) is 5.77. The molecule has 0 bridgehead atoms. The van der Waals surface area contributed by atoms with E-state index < -0.39 is 0 Å². The molecule has 0 heterocycles. The molecule has 0 spiro atoms. The summed E-state index contributed by atoms with van der Waals surface area (Å²) in [7, 11) is 0. The summed E-state index contributed by atoms with van der Waals surface area (Å²) in [5, 5.41) is 3.48. The summed E-state index contributed by atoms with van der Waals surface area (Å²) in [6, 6.07) is 15.2. The first-order valence-electron chi connectivity index (χ1n) is 8.39. The van der Waals surface area contributed by atoms with Gasteiger partial charge in [0.1, 0.15) is 0 Å². The Kier molecular flexibility index (Phi) is 7.02. The number of nitrogens with zero attached hydrogens (tertiary/aromatic N) is 1. The first kappa shape index (κ1) is 19.0. The highest BCUT2D eigenvalue weighted by Crippen LogP contribution is 2.21. The van der Waals surface area contributed by atoms with Gasteiger partial charge in [-0.3, -0.25) is 9.59 Å². The van der Waals surface area contributed by atoms with Crippen molar-refractivity contribution in [3.63, 3.8) is 0 Å². The van der Waals surface area contributed by atoms with Gasteiger partial charge in [0.05, 0.1) is 0 Å². The van der Waals surface area contributed by atoms with E-state index in [0.29, 0.717) is 18.1 Å². The number of amides is 2. The fourth-order valence-corrected chi connectivity index (χ4v) is 2.86. The molecule has 0 unspecified atom stereocenters. The molecule has 1 N–H and O–H groups in total. The van der Waals surface area contributed by atoms with E-state index in [0.717, 1.165) is 23.2 Å². The summed E-state index contributed by atoms with van der Waals surface area (Å²) >= 11 is 6.09. The summed E-state index contributed by atoms with van der Waals surface area (Å²) in [4.78, 5) is 25.8. The van der Waals surface area contributed by atoms with Gasteiger partial charge < -0.3 is 10.2 Å². The highest BCUT2D eigenvalue weighted by atomic mass is 35.5. The van der Waals surface area contributed by atoms with Crippen molar-refractivity contribution in [1.82, 2.24) is 5.32 Å². The number of carbonyl (C=O) groups excluding carboxylic acids is 2. The van der Waals surface area contributed by atoms with E-state index in [1.54, 1.807) is 11.0 Å². The highest BCUT2D eigenvalue weighted by Gasteiger charge is 2.16. The summed E-state index contributed by atoms with van der Waals surface area (Å²) in [6.45, 7) is 4.30. The zero-order valence-corrected chi connectivity index (χ0v) is 15.3. The van der Waals surface area contributed by atoms with Gasteiger partial charge in [-0.25, -0.2) is 0 Å². The smallest absolute Gasteiger partial charge is 0.223 e. The Labute approximate surface area is 153 Å². The molecule has 2 rings (SSSR count). The van der Waals surface area contributed by atoms with Crippen LogP contribution in [-0.4, -0.2) is 18.4 Å². The molecule has 2 aromatic rings. The lowest BCUT2D eigenvalue weighted by Gasteiger charge is -2.23. The van der Waals surface area contributed by atoms with Crippen LogP contribution in [0, 0.1) is 0 Å². The van der Waals surface area contributed by atoms with E-state index in [1.807, 2.05) is 49.4 Å². The second-order valence-corrected chi connectivity index (χ2v) is 6.18. The van der Waals surface area contributed by atoms with E-state index in [9.17, 15) is 9.59 Å². The van der Waals surface area contributed by atoms with Crippen molar-refractivity contribution in [3.05, 3.63) is 64.7 Å². The number of anilines is 1. The standard InChI is InChI=1S/C20H23ClN2O2/c1-3-16-8-5-7-11-19(16)23(15(2)24)13-12-20(25)22-14-17-9-4-6-10-18(17)21/h4-11H,3,12-14H2,1-2H3,(H,22,25).